The second kappa shape index (κ2) is 7.20. The molecule has 1 aromatic heterocycles. The zero-order valence-corrected chi connectivity index (χ0v) is 16.3. The van der Waals surface area contributed by atoms with E-state index in [4.69, 9.17) is 0 Å². The summed E-state index contributed by atoms with van der Waals surface area (Å²) in [7, 11) is 0. The van der Waals surface area contributed by atoms with Gasteiger partial charge in [-0.3, -0.25) is 4.79 Å². The number of para-hydroxylation sites is 1. The number of amides is 1. The Morgan fingerprint density at radius 2 is 2.10 bits per heavy atom. The molecule has 146 valence electrons. The number of nitrogens with zero attached hydrogens (tertiary/aromatic N) is 4. The van der Waals surface area contributed by atoms with E-state index in [2.05, 4.69) is 44.6 Å². The van der Waals surface area contributed by atoms with Gasteiger partial charge in [0.05, 0.1) is 5.69 Å². The highest BCUT2D eigenvalue weighted by Gasteiger charge is 2.31. The van der Waals surface area contributed by atoms with E-state index in [0.717, 1.165) is 36.6 Å². The van der Waals surface area contributed by atoms with Crippen LogP contribution in [-0.4, -0.2) is 45.6 Å². The SMILES string of the molecule is Cc1ccccc1-n1ccc(C(=O)N[C@H]2CCN(C3=NC=CC4C=CC=C34)C2)n1. The van der Waals surface area contributed by atoms with E-state index in [1.807, 2.05) is 43.6 Å². The number of rotatable bonds is 3. The summed E-state index contributed by atoms with van der Waals surface area (Å²) in [6, 6.07) is 9.86. The fraction of sp³-hybridized carbons (Fsp3) is 0.261. The lowest BCUT2D eigenvalue weighted by Crippen LogP contribution is -2.39. The number of likely N-dealkylation sites (tertiary alicyclic amines) is 1. The van der Waals surface area contributed by atoms with Crippen molar-refractivity contribution in [2.45, 2.75) is 19.4 Å². The van der Waals surface area contributed by atoms with Crippen LogP contribution in [0.4, 0.5) is 0 Å². The monoisotopic (exact) mass is 385 g/mol. The third kappa shape index (κ3) is 3.31. The van der Waals surface area contributed by atoms with Gasteiger partial charge in [-0.2, -0.15) is 5.10 Å². The van der Waals surface area contributed by atoms with Crippen LogP contribution in [0.25, 0.3) is 5.69 Å². The molecule has 1 unspecified atom stereocenters. The molecule has 6 nitrogen and oxygen atoms in total. The van der Waals surface area contributed by atoms with Crippen LogP contribution in [0, 0.1) is 12.8 Å². The van der Waals surface area contributed by atoms with Gasteiger partial charge >= 0.3 is 0 Å². The summed E-state index contributed by atoms with van der Waals surface area (Å²) in [5.41, 5.74) is 3.78. The smallest absolute Gasteiger partial charge is 0.272 e. The molecule has 29 heavy (non-hydrogen) atoms. The van der Waals surface area contributed by atoms with Gasteiger partial charge in [-0.1, -0.05) is 42.5 Å². The minimum Gasteiger partial charge on any atom is -0.354 e. The topological polar surface area (TPSA) is 62.5 Å². The molecule has 0 bridgehead atoms. The van der Waals surface area contributed by atoms with E-state index >= 15 is 0 Å². The van der Waals surface area contributed by atoms with Crippen LogP contribution in [0.3, 0.4) is 0 Å². The van der Waals surface area contributed by atoms with E-state index < -0.39 is 0 Å². The molecule has 0 saturated carbocycles. The van der Waals surface area contributed by atoms with E-state index in [9.17, 15) is 4.79 Å². The molecule has 3 heterocycles. The highest BCUT2D eigenvalue weighted by molar-refractivity contribution is 6.01. The number of aryl methyl sites for hydroxylation is 1. The Morgan fingerprint density at radius 3 is 3.00 bits per heavy atom. The number of fused-ring (bicyclic) bond motifs is 1. The molecule has 1 saturated heterocycles. The number of benzene rings is 1. The largest absolute Gasteiger partial charge is 0.354 e. The Morgan fingerprint density at radius 1 is 1.21 bits per heavy atom. The minimum atomic E-state index is -0.130. The number of aromatic nitrogens is 2. The van der Waals surface area contributed by atoms with Crippen LogP contribution in [-0.2, 0) is 0 Å². The van der Waals surface area contributed by atoms with E-state index in [1.54, 1.807) is 10.7 Å². The van der Waals surface area contributed by atoms with E-state index in [0.29, 0.717) is 11.6 Å². The Hall–Kier alpha value is -3.41. The zero-order chi connectivity index (χ0) is 19.8. The first kappa shape index (κ1) is 17.7. The molecular weight excluding hydrogens is 362 g/mol. The highest BCUT2D eigenvalue weighted by atomic mass is 16.2. The average Bonchev–Trinajstić information content (AvgIpc) is 3.48. The van der Waals surface area contributed by atoms with Crippen molar-refractivity contribution in [3.63, 3.8) is 0 Å². The second-order valence-electron chi connectivity index (χ2n) is 7.66. The number of carbonyl (C=O) groups excluding carboxylic acids is 1. The van der Waals surface area contributed by atoms with Crippen molar-refractivity contribution in [1.29, 1.82) is 0 Å². The van der Waals surface area contributed by atoms with Crippen LogP contribution >= 0.6 is 0 Å². The highest BCUT2D eigenvalue weighted by Crippen LogP contribution is 2.28. The lowest BCUT2D eigenvalue weighted by Gasteiger charge is -2.25. The van der Waals surface area contributed by atoms with Gasteiger partial charge < -0.3 is 10.2 Å². The number of carbonyl (C=O) groups is 1. The maximum atomic E-state index is 12.7. The van der Waals surface area contributed by atoms with Crippen LogP contribution in [0.1, 0.15) is 22.5 Å². The fourth-order valence-electron chi connectivity index (χ4n) is 4.16. The van der Waals surface area contributed by atoms with Gasteiger partial charge in [0, 0.05) is 43.0 Å². The van der Waals surface area contributed by atoms with Crippen molar-refractivity contribution < 1.29 is 4.79 Å². The summed E-state index contributed by atoms with van der Waals surface area (Å²) >= 11 is 0. The maximum absolute atomic E-state index is 12.7. The van der Waals surface area contributed by atoms with Crippen LogP contribution in [0.2, 0.25) is 0 Å². The number of amidine groups is 1. The average molecular weight is 385 g/mol. The van der Waals surface area contributed by atoms with Crippen molar-refractivity contribution in [1.82, 2.24) is 20.0 Å². The van der Waals surface area contributed by atoms with Gasteiger partial charge in [-0.25, -0.2) is 9.67 Å². The fourth-order valence-corrected chi connectivity index (χ4v) is 4.16. The predicted molar refractivity (Wildman–Crippen MR) is 113 cm³/mol. The van der Waals surface area contributed by atoms with Crippen molar-refractivity contribution in [3.8, 4) is 5.69 Å². The molecule has 0 spiro atoms. The van der Waals surface area contributed by atoms with Crippen molar-refractivity contribution in [3.05, 3.63) is 83.9 Å². The first-order chi connectivity index (χ1) is 14.2. The standard InChI is InChI=1S/C23H23N5O/c1-16-5-2-3-8-21(16)28-14-11-20(26-28)23(29)25-18-10-13-27(15-18)22-19-7-4-6-17(19)9-12-24-22/h2-9,11-12,14,17-18H,10,13,15H2,1H3,(H,25,29)/t17?,18-/m0/s1. The molecule has 0 radical (unpaired) electrons. The van der Waals surface area contributed by atoms with E-state index in [-0.39, 0.29) is 11.9 Å². The quantitative estimate of drug-likeness (QED) is 0.883. The van der Waals surface area contributed by atoms with Crippen molar-refractivity contribution in [2.24, 2.45) is 10.9 Å². The van der Waals surface area contributed by atoms with Gasteiger partial charge in [0.1, 0.15) is 5.84 Å². The molecular formula is C23H23N5O. The molecule has 2 aliphatic heterocycles. The number of allylic oxidation sites excluding steroid dienone is 4. The van der Waals surface area contributed by atoms with Gasteiger partial charge in [0.25, 0.3) is 5.91 Å². The minimum absolute atomic E-state index is 0.0909. The Kier molecular flexibility index (Phi) is 4.39. The molecule has 1 aromatic carbocycles. The first-order valence-corrected chi connectivity index (χ1v) is 10.00. The number of nitrogens with one attached hydrogen (secondary N) is 1. The zero-order valence-electron chi connectivity index (χ0n) is 16.3. The molecule has 1 amide bonds. The summed E-state index contributed by atoms with van der Waals surface area (Å²) in [6.45, 7) is 3.69. The van der Waals surface area contributed by atoms with Crippen molar-refractivity contribution in [2.75, 3.05) is 13.1 Å². The summed E-state index contributed by atoms with van der Waals surface area (Å²) in [5.74, 6) is 1.24. The Balaban J connectivity index is 1.24. The van der Waals surface area contributed by atoms with Gasteiger partial charge in [-0.15, -0.1) is 0 Å². The van der Waals surface area contributed by atoms with Gasteiger partial charge in [-0.05, 0) is 31.0 Å². The van der Waals surface area contributed by atoms with Crippen LogP contribution in [0.15, 0.2) is 77.6 Å². The first-order valence-electron chi connectivity index (χ1n) is 10.00. The molecule has 3 aliphatic rings. The second-order valence-corrected chi connectivity index (χ2v) is 7.66. The summed E-state index contributed by atoms with van der Waals surface area (Å²) in [4.78, 5) is 19.6. The summed E-state index contributed by atoms with van der Waals surface area (Å²) < 4.78 is 1.76. The lowest BCUT2D eigenvalue weighted by atomic mass is 9.99. The predicted octanol–water partition coefficient (Wildman–Crippen LogP) is 3.02. The maximum Gasteiger partial charge on any atom is 0.272 e. The molecule has 1 aliphatic carbocycles. The summed E-state index contributed by atoms with van der Waals surface area (Å²) in [5, 5.41) is 7.62. The van der Waals surface area contributed by atoms with Crippen LogP contribution < -0.4 is 5.32 Å². The molecule has 5 rings (SSSR count). The third-order valence-corrected chi connectivity index (χ3v) is 5.71. The van der Waals surface area contributed by atoms with Crippen LogP contribution in [0.5, 0.6) is 0 Å². The molecule has 6 heteroatoms. The molecule has 2 atom stereocenters. The Bertz CT molecular complexity index is 1070. The lowest BCUT2D eigenvalue weighted by molar-refractivity contribution is 0.0933. The number of hydrogen-bond donors (Lipinski definition) is 1. The van der Waals surface area contributed by atoms with Gasteiger partial charge in [0.2, 0.25) is 0 Å². The molecule has 1 N–H and O–H groups in total. The Labute approximate surface area is 169 Å². The normalized spacial score (nSPS) is 22.4. The number of hydrogen-bond acceptors (Lipinski definition) is 4. The number of aliphatic imine (C=N–C) groups is 1. The third-order valence-electron chi connectivity index (χ3n) is 5.71. The summed E-state index contributed by atoms with van der Waals surface area (Å²) in [6.07, 6.45) is 13.1. The molecule has 2 aromatic rings. The molecule has 1 fully saturated rings. The van der Waals surface area contributed by atoms with Crippen molar-refractivity contribution >= 4 is 11.7 Å². The van der Waals surface area contributed by atoms with Gasteiger partial charge in [0.15, 0.2) is 5.69 Å². The van der Waals surface area contributed by atoms with E-state index in [1.165, 1.54) is 5.57 Å².